The van der Waals surface area contributed by atoms with Crippen LogP contribution in [0.15, 0.2) is 42.5 Å². The molecular formula is C22H26N3O4+. The van der Waals surface area contributed by atoms with Gasteiger partial charge in [0.2, 0.25) is 11.4 Å². The number of carbonyl (C=O) groups excluding carboxylic acids is 2. The second-order valence-electron chi connectivity index (χ2n) is 7.95. The quantitative estimate of drug-likeness (QED) is 0.622. The second-order valence-corrected chi connectivity index (χ2v) is 7.95. The van der Waals surface area contributed by atoms with Crippen molar-refractivity contribution in [1.82, 2.24) is 0 Å². The van der Waals surface area contributed by atoms with Gasteiger partial charge in [0.25, 0.3) is 5.91 Å². The van der Waals surface area contributed by atoms with E-state index in [1.807, 2.05) is 30.4 Å². The van der Waals surface area contributed by atoms with Gasteiger partial charge in [-0.1, -0.05) is 11.6 Å². The van der Waals surface area contributed by atoms with Crippen LogP contribution in [0.4, 0.5) is 11.4 Å². The predicted octanol–water partition coefficient (Wildman–Crippen LogP) is 1.12. The monoisotopic (exact) mass is 396 g/mol. The predicted molar refractivity (Wildman–Crippen MR) is 109 cm³/mol. The minimum Gasteiger partial charge on any atom is -0.497 e. The molecule has 4 atom stereocenters. The van der Waals surface area contributed by atoms with E-state index < -0.39 is 17.6 Å². The van der Waals surface area contributed by atoms with Gasteiger partial charge in [0, 0.05) is 17.7 Å². The molecule has 2 aliphatic heterocycles. The van der Waals surface area contributed by atoms with Gasteiger partial charge in [0.1, 0.15) is 23.8 Å². The molecule has 4 rings (SSSR count). The second kappa shape index (κ2) is 7.17. The minimum absolute atomic E-state index is 0.212. The van der Waals surface area contributed by atoms with Crippen LogP contribution in [0, 0.1) is 12.8 Å². The summed E-state index contributed by atoms with van der Waals surface area (Å²) in [6.45, 7) is 3.66. The number of rotatable bonds is 4. The number of aliphatic hydroxyl groups is 1. The largest absolute Gasteiger partial charge is 0.497 e. The molecule has 152 valence electrons. The molecule has 1 fully saturated rings. The number of amides is 2. The molecule has 7 heteroatoms. The lowest BCUT2D eigenvalue weighted by atomic mass is 9.79. The molecule has 1 saturated heterocycles. The molecule has 0 unspecified atom stereocenters. The molecule has 29 heavy (non-hydrogen) atoms. The summed E-state index contributed by atoms with van der Waals surface area (Å²) in [6, 6.07) is 12.6. The highest BCUT2D eigenvalue weighted by molar-refractivity contribution is 6.09. The third-order valence-electron chi connectivity index (χ3n) is 6.07. The van der Waals surface area contributed by atoms with Gasteiger partial charge in [-0.3, -0.25) is 9.59 Å². The van der Waals surface area contributed by atoms with Crippen LogP contribution in [0.3, 0.4) is 0 Å². The summed E-state index contributed by atoms with van der Waals surface area (Å²) in [5.74, 6) is -0.370. The zero-order valence-corrected chi connectivity index (χ0v) is 16.7. The summed E-state index contributed by atoms with van der Waals surface area (Å²) in [5, 5.41) is 18.0. The van der Waals surface area contributed by atoms with Crippen LogP contribution in [0.25, 0.3) is 0 Å². The van der Waals surface area contributed by atoms with Crippen LogP contribution in [-0.2, 0) is 15.1 Å². The zero-order valence-electron chi connectivity index (χ0n) is 16.7. The molecule has 0 aliphatic carbocycles. The highest BCUT2D eigenvalue weighted by Gasteiger charge is 2.64. The van der Waals surface area contributed by atoms with E-state index in [1.165, 1.54) is 0 Å². The first kappa shape index (κ1) is 19.4. The Bertz CT molecular complexity index is 957. The Morgan fingerprint density at radius 2 is 2.03 bits per heavy atom. The van der Waals surface area contributed by atoms with E-state index >= 15 is 0 Å². The summed E-state index contributed by atoms with van der Waals surface area (Å²) in [6.07, 6.45) is -0.243. The van der Waals surface area contributed by atoms with Gasteiger partial charge >= 0.3 is 0 Å². The van der Waals surface area contributed by atoms with Crippen molar-refractivity contribution in [1.29, 1.82) is 0 Å². The minimum atomic E-state index is -1.08. The normalized spacial score (nSPS) is 26.1. The Kier molecular flexibility index (Phi) is 4.80. The number of hydrogen-bond acceptors (Lipinski definition) is 4. The van der Waals surface area contributed by atoms with Crippen LogP contribution >= 0.6 is 0 Å². The number of benzene rings is 2. The number of anilines is 2. The lowest BCUT2D eigenvalue weighted by Gasteiger charge is -2.26. The molecule has 2 aromatic carbocycles. The van der Waals surface area contributed by atoms with Crippen LogP contribution in [0.5, 0.6) is 5.75 Å². The van der Waals surface area contributed by atoms with Crippen LogP contribution in [0.2, 0.25) is 0 Å². The van der Waals surface area contributed by atoms with E-state index in [9.17, 15) is 14.7 Å². The van der Waals surface area contributed by atoms with Crippen LogP contribution in [-0.4, -0.2) is 36.2 Å². The number of quaternary nitrogens is 1. The molecule has 2 aliphatic rings. The van der Waals surface area contributed by atoms with Gasteiger partial charge in [-0.2, -0.15) is 0 Å². The van der Waals surface area contributed by atoms with Crippen molar-refractivity contribution >= 4 is 23.2 Å². The molecule has 0 saturated carbocycles. The lowest BCUT2D eigenvalue weighted by Crippen LogP contribution is -2.99. The Hall–Kier alpha value is -2.90. The number of nitrogens with one attached hydrogen (secondary N) is 2. The van der Waals surface area contributed by atoms with Crippen LogP contribution in [0.1, 0.15) is 24.5 Å². The summed E-state index contributed by atoms with van der Waals surface area (Å²) in [7, 11) is 1.58. The highest BCUT2D eigenvalue weighted by atomic mass is 16.5. The first-order valence-electron chi connectivity index (χ1n) is 9.76. The Morgan fingerprint density at radius 3 is 2.69 bits per heavy atom. The molecular weight excluding hydrogens is 370 g/mol. The topological polar surface area (TPSA) is 104 Å². The van der Waals surface area contributed by atoms with Crippen molar-refractivity contribution < 1.29 is 24.7 Å². The summed E-state index contributed by atoms with van der Waals surface area (Å²) < 4.78 is 5.16. The molecule has 2 heterocycles. The van der Waals surface area contributed by atoms with Crippen molar-refractivity contribution in [3.05, 3.63) is 53.6 Å². The van der Waals surface area contributed by atoms with Crippen molar-refractivity contribution in [3.63, 3.8) is 0 Å². The fourth-order valence-corrected chi connectivity index (χ4v) is 4.50. The van der Waals surface area contributed by atoms with Gasteiger partial charge in [-0.15, -0.1) is 0 Å². The van der Waals surface area contributed by atoms with Gasteiger partial charge in [0.05, 0.1) is 12.8 Å². The number of fused-ring (bicyclic) bond motifs is 2. The Morgan fingerprint density at radius 1 is 1.31 bits per heavy atom. The van der Waals surface area contributed by atoms with Gasteiger partial charge in [-0.05, 0) is 50.2 Å². The summed E-state index contributed by atoms with van der Waals surface area (Å²) >= 11 is 0. The number of aryl methyl sites for hydroxylation is 1. The number of methoxy groups -OCH3 is 1. The van der Waals surface area contributed by atoms with Gasteiger partial charge in [0.15, 0.2) is 0 Å². The molecule has 5 N–H and O–H groups in total. The average Bonchev–Trinajstić information content (AvgIpc) is 3.23. The van der Waals surface area contributed by atoms with E-state index in [0.717, 1.165) is 16.8 Å². The maximum atomic E-state index is 13.3. The maximum absolute atomic E-state index is 13.3. The molecule has 0 bridgehead atoms. The van der Waals surface area contributed by atoms with Crippen molar-refractivity contribution in [2.45, 2.75) is 38.0 Å². The molecule has 0 radical (unpaired) electrons. The SMILES string of the molecule is COc1ccc(NC(=O)[C@H]2C[C@H]([C@H](C)O)[NH2+][C@]23C(=O)Nc2ccc(C)cc23)cc1. The average molecular weight is 396 g/mol. The molecule has 1 spiro atoms. The van der Waals surface area contributed by atoms with E-state index in [0.29, 0.717) is 17.9 Å². The first-order valence-corrected chi connectivity index (χ1v) is 9.76. The van der Waals surface area contributed by atoms with E-state index in [2.05, 4.69) is 10.6 Å². The zero-order chi connectivity index (χ0) is 20.8. The number of ether oxygens (including phenoxy) is 1. The van der Waals surface area contributed by atoms with Gasteiger partial charge in [-0.25, -0.2) is 0 Å². The lowest BCUT2D eigenvalue weighted by molar-refractivity contribution is -0.737. The fraction of sp³-hybridized carbons (Fsp3) is 0.364. The smallest absolute Gasteiger partial charge is 0.291 e. The Balaban J connectivity index is 1.71. The highest BCUT2D eigenvalue weighted by Crippen LogP contribution is 2.43. The van der Waals surface area contributed by atoms with Crippen molar-refractivity contribution in [2.75, 3.05) is 17.7 Å². The maximum Gasteiger partial charge on any atom is 0.291 e. The fourth-order valence-electron chi connectivity index (χ4n) is 4.50. The van der Waals surface area contributed by atoms with Gasteiger partial charge < -0.3 is 25.8 Å². The number of hydrogen-bond donors (Lipinski definition) is 4. The molecule has 0 aromatic heterocycles. The number of aliphatic hydroxyl groups excluding tert-OH is 1. The first-order chi connectivity index (χ1) is 13.8. The Labute approximate surface area is 169 Å². The number of carbonyl (C=O) groups is 2. The van der Waals surface area contributed by atoms with E-state index in [-0.39, 0.29) is 17.9 Å². The number of nitrogens with two attached hydrogens (primary N) is 1. The third kappa shape index (κ3) is 3.16. The van der Waals surface area contributed by atoms with Crippen molar-refractivity contribution in [2.24, 2.45) is 5.92 Å². The molecule has 2 amide bonds. The van der Waals surface area contributed by atoms with E-state index in [4.69, 9.17) is 4.74 Å². The third-order valence-corrected chi connectivity index (χ3v) is 6.07. The standard InChI is InChI=1S/C22H25N3O4/c1-12-4-9-18-16(10-12)22(21(28)24-18)17(11-19(25-22)13(2)26)20(27)23-14-5-7-15(29-3)8-6-14/h4-10,13,17,19,25-26H,11H2,1-3H3,(H,23,27)(H,24,28)/p+1/t13-,17+,19+,22-/m0/s1. The molecule has 2 aromatic rings. The van der Waals surface area contributed by atoms with E-state index in [1.54, 1.807) is 38.3 Å². The molecule has 7 nitrogen and oxygen atoms in total. The summed E-state index contributed by atoms with van der Waals surface area (Å²) in [5.41, 5.74) is 2.10. The summed E-state index contributed by atoms with van der Waals surface area (Å²) in [4.78, 5) is 26.5. The van der Waals surface area contributed by atoms with Crippen LogP contribution < -0.4 is 20.7 Å². The van der Waals surface area contributed by atoms with Crippen molar-refractivity contribution in [3.8, 4) is 5.75 Å².